The molecule has 2 aromatic rings. The Morgan fingerprint density at radius 2 is 1.68 bits per heavy atom. The molecule has 0 bridgehead atoms. The van der Waals surface area contributed by atoms with Gasteiger partial charge in [-0.1, -0.05) is 22.0 Å². The number of hydrogen-bond donors (Lipinski definition) is 0. The Morgan fingerprint density at radius 1 is 1.05 bits per heavy atom. The maximum atomic E-state index is 9.10. The van der Waals surface area contributed by atoms with Crippen LogP contribution in [0.5, 0.6) is 11.5 Å². The maximum absolute atomic E-state index is 9.10. The lowest BCUT2D eigenvalue weighted by atomic mass is 10.1. The van der Waals surface area contributed by atoms with Crippen molar-refractivity contribution < 1.29 is 4.74 Å². The molecule has 0 N–H and O–H groups in total. The van der Waals surface area contributed by atoms with Gasteiger partial charge in [0, 0.05) is 4.47 Å². The fraction of sp³-hybridized carbons (Fsp3) is 0.188. The van der Waals surface area contributed by atoms with Crippen molar-refractivity contribution in [2.75, 3.05) is 0 Å². The van der Waals surface area contributed by atoms with Gasteiger partial charge in [-0.3, -0.25) is 0 Å². The molecule has 3 heteroatoms. The van der Waals surface area contributed by atoms with Gasteiger partial charge in [0.15, 0.2) is 0 Å². The van der Waals surface area contributed by atoms with E-state index in [1.807, 2.05) is 45.0 Å². The van der Waals surface area contributed by atoms with Crippen LogP contribution in [0, 0.1) is 32.1 Å². The highest BCUT2D eigenvalue weighted by molar-refractivity contribution is 9.10. The molecule has 0 atom stereocenters. The van der Waals surface area contributed by atoms with Gasteiger partial charge in [0.05, 0.1) is 5.56 Å². The van der Waals surface area contributed by atoms with Gasteiger partial charge in [0.2, 0.25) is 0 Å². The van der Waals surface area contributed by atoms with E-state index in [2.05, 4.69) is 22.0 Å². The molecule has 0 aliphatic heterocycles. The second kappa shape index (κ2) is 5.46. The number of nitrogens with zero attached hydrogens (tertiary/aromatic N) is 1. The van der Waals surface area contributed by atoms with E-state index in [0.717, 1.165) is 26.9 Å². The van der Waals surface area contributed by atoms with Crippen molar-refractivity contribution in [2.24, 2.45) is 0 Å². The van der Waals surface area contributed by atoms with Crippen LogP contribution in [-0.4, -0.2) is 0 Å². The van der Waals surface area contributed by atoms with E-state index in [9.17, 15) is 0 Å². The highest BCUT2D eigenvalue weighted by Crippen LogP contribution is 2.31. The van der Waals surface area contributed by atoms with E-state index in [4.69, 9.17) is 10.00 Å². The maximum Gasteiger partial charge on any atom is 0.145 e. The zero-order chi connectivity index (χ0) is 14.0. The lowest BCUT2D eigenvalue weighted by molar-refractivity contribution is 0.479. The molecule has 0 spiro atoms. The van der Waals surface area contributed by atoms with Crippen LogP contribution >= 0.6 is 15.9 Å². The number of benzene rings is 2. The smallest absolute Gasteiger partial charge is 0.145 e. The van der Waals surface area contributed by atoms with E-state index >= 15 is 0 Å². The third-order valence-electron chi connectivity index (χ3n) is 2.90. The SMILES string of the molecule is Cc1ccc(C#N)c(Oc2cc(C)c(Br)c(C)c2)c1. The largest absolute Gasteiger partial charge is 0.456 e. The molecule has 0 aliphatic carbocycles. The second-order valence-electron chi connectivity index (χ2n) is 4.58. The van der Waals surface area contributed by atoms with E-state index < -0.39 is 0 Å². The Labute approximate surface area is 121 Å². The van der Waals surface area contributed by atoms with Gasteiger partial charge < -0.3 is 4.74 Å². The van der Waals surface area contributed by atoms with Crippen LogP contribution in [0.2, 0.25) is 0 Å². The monoisotopic (exact) mass is 315 g/mol. The van der Waals surface area contributed by atoms with Gasteiger partial charge >= 0.3 is 0 Å². The fourth-order valence-corrected chi connectivity index (χ4v) is 2.13. The summed E-state index contributed by atoms with van der Waals surface area (Å²) in [7, 11) is 0. The molecular weight excluding hydrogens is 302 g/mol. The van der Waals surface area contributed by atoms with Crippen LogP contribution in [0.3, 0.4) is 0 Å². The Bertz CT molecular complexity index is 648. The van der Waals surface area contributed by atoms with Gasteiger partial charge in [0.1, 0.15) is 17.6 Å². The minimum atomic E-state index is 0.545. The summed E-state index contributed by atoms with van der Waals surface area (Å²) < 4.78 is 6.94. The summed E-state index contributed by atoms with van der Waals surface area (Å²) in [4.78, 5) is 0. The normalized spacial score (nSPS) is 10.1. The summed E-state index contributed by atoms with van der Waals surface area (Å²) in [5, 5.41) is 9.10. The average molecular weight is 316 g/mol. The Balaban J connectivity index is 2.42. The van der Waals surface area contributed by atoms with Crippen LogP contribution in [0.1, 0.15) is 22.3 Å². The van der Waals surface area contributed by atoms with Crippen molar-refractivity contribution in [3.63, 3.8) is 0 Å². The molecule has 96 valence electrons. The molecule has 0 fully saturated rings. The highest BCUT2D eigenvalue weighted by Gasteiger charge is 2.08. The number of nitriles is 1. The number of halogens is 1. The lowest BCUT2D eigenvalue weighted by Gasteiger charge is -2.11. The standard InChI is InChI=1S/C16H14BrNO/c1-10-4-5-13(9-18)15(6-10)19-14-7-11(2)16(17)12(3)8-14/h4-8H,1-3H3. The molecular formula is C16H14BrNO. The van der Waals surface area contributed by atoms with E-state index in [1.54, 1.807) is 6.07 Å². The van der Waals surface area contributed by atoms with Crippen molar-refractivity contribution in [1.29, 1.82) is 5.26 Å². The molecule has 2 nitrogen and oxygen atoms in total. The Morgan fingerprint density at radius 3 is 2.26 bits per heavy atom. The van der Waals surface area contributed by atoms with Crippen LogP contribution in [0.25, 0.3) is 0 Å². The van der Waals surface area contributed by atoms with E-state index in [-0.39, 0.29) is 0 Å². The summed E-state index contributed by atoms with van der Waals surface area (Å²) in [6.45, 7) is 6.02. The zero-order valence-electron chi connectivity index (χ0n) is 11.1. The molecule has 0 unspecified atom stereocenters. The molecule has 0 saturated carbocycles. The topological polar surface area (TPSA) is 33.0 Å². The average Bonchev–Trinajstić information content (AvgIpc) is 2.36. The van der Waals surface area contributed by atoms with E-state index in [0.29, 0.717) is 11.3 Å². The fourth-order valence-electron chi connectivity index (χ4n) is 1.90. The summed E-state index contributed by atoms with van der Waals surface area (Å²) in [5.41, 5.74) is 3.84. The van der Waals surface area contributed by atoms with Crippen molar-refractivity contribution in [3.8, 4) is 17.6 Å². The van der Waals surface area contributed by atoms with Crippen molar-refractivity contribution in [1.82, 2.24) is 0 Å². The van der Waals surface area contributed by atoms with Crippen molar-refractivity contribution in [2.45, 2.75) is 20.8 Å². The predicted molar refractivity (Wildman–Crippen MR) is 79.6 cm³/mol. The molecule has 0 amide bonds. The summed E-state index contributed by atoms with van der Waals surface area (Å²) in [5.74, 6) is 1.35. The van der Waals surface area contributed by atoms with Crippen LogP contribution < -0.4 is 4.74 Å². The molecule has 0 aliphatic rings. The zero-order valence-corrected chi connectivity index (χ0v) is 12.7. The third-order valence-corrected chi connectivity index (χ3v) is 4.15. The number of hydrogen-bond acceptors (Lipinski definition) is 2. The molecule has 0 saturated heterocycles. The van der Waals surface area contributed by atoms with Crippen molar-refractivity contribution >= 4 is 15.9 Å². The highest BCUT2D eigenvalue weighted by atomic mass is 79.9. The van der Waals surface area contributed by atoms with Crippen LogP contribution in [-0.2, 0) is 0 Å². The van der Waals surface area contributed by atoms with Gasteiger partial charge in [-0.15, -0.1) is 0 Å². The Hall–Kier alpha value is -1.79. The van der Waals surface area contributed by atoms with E-state index in [1.165, 1.54) is 0 Å². The summed E-state index contributed by atoms with van der Waals surface area (Å²) >= 11 is 3.53. The van der Waals surface area contributed by atoms with Gasteiger partial charge in [-0.25, -0.2) is 0 Å². The first-order valence-corrected chi connectivity index (χ1v) is 6.76. The molecule has 19 heavy (non-hydrogen) atoms. The Kier molecular flexibility index (Phi) is 3.92. The van der Waals surface area contributed by atoms with Crippen LogP contribution in [0.4, 0.5) is 0 Å². The molecule has 0 radical (unpaired) electrons. The van der Waals surface area contributed by atoms with Crippen LogP contribution in [0.15, 0.2) is 34.8 Å². The third kappa shape index (κ3) is 2.97. The number of rotatable bonds is 2. The van der Waals surface area contributed by atoms with Gasteiger partial charge in [-0.2, -0.15) is 5.26 Å². The first kappa shape index (κ1) is 13.6. The molecule has 2 aromatic carbocycles. The van der Waals surface area contributed by atoms with Gasteiger partial charge in [-0.05, 0) is 61.7 Å². The predicted octanol–water partition coefficient (Wildman–Crippen LogP) is 5.04. The minimum absolute atomic E-state index is 0.545. The summed E-state index contributed by atoms with van der Waals surface area (Å²) in [6, 6.07) is 11.6. The first-order chi connectivity index (χ1) is 9.01. The van der Waals surface area contributed by atoms with Gasteiger partial charge in [0.25, 0.3) is 0 Å². The second-order valence-corrected chi connectivity index (χ2v) is 5.38. The quantitative estimate of drug-likeness (QED) is 0.778. The number of aryl methyl sites for hydroxylation is 3. The molecule has 0 heterocycles. The van der Waals surface area contributed by atoms with Crippen molar-refractivity contribution in [3.05, 3.63) is 57.1 Å². The molecule has 2 rings (SSSR count). The molecule has 0 aromatic heterocycles. The number of ether oxygens (including phenoxy) is 1. The lowest BCUT2D eigenvalue weighted by Crippen LogP contribution is -1.91. The first-order valence-electron chi connectivity index (χ1n) is 5.96. The minimum Gasteiger partial charge on any atom is -0.456 e. The summed E-state index contributed by atoms with van der Waals surface area (Å²) in [6.07, 6.45) is 0.